The molecule has 0 aromatic rings. The first-order valence-corrected chi connectivity index (χ1v) is 6.15. The first-order chi connectivity index (χ1) is 7.18. The highest BCUT2D eigenvalue weighted by Crippen LogP contribution is 2.13. The van der Waals surface area contributed by atoms with E-state index in [4.69, 9.17) is 9.47 Å². The highest BCUT2D eigenvalue weighted by Gasteiger charge is 2.16. The number of hydrogen-bond acceptors (Lipinski definition) is 3. The molecule has 1 N–H and O–H groups in total. The van der Waals surface area contributed by atoms with Crippen LogP contribution in [0.5, 0.6) is 0 Å². The van der Waals surface area contributed by atoms with E-state index < -0.39 is 0 Å². The Morgan fingerprint density at radius 1 is 1.40 bits per heavy atom. The summed E-state index contributed by atoms with van der Waals surface area (Å²) in [6.45, 7) is 9.18. The normalized spacial score (nSPS) is 23.6. The fraction of sp³-hybridized carbons (Fsp3) is 1.00. The Labute approximate surface area is 93.5 Å². The summed E-state index contributed by atoms with van der Waals surface area (Å²) < 4.78 is 11.2. The third kappa shape index (κ3) is 6.13. The molecule has 0 bridgehead atoms. The second-order valence-corrected chi connectivity index (χ2v) is 4.68. The topological polar surface area (TPSA) is 30.5 Å². The molecule has 2 atom stereocenters. The average Bonchev–Trinajstić information content (AvgIpc) is 2.66. The summed E-state index contributed by atoms with van der Waals surface area (Å²) in [5, 5.41) is 3.39. The first-order valence-electron chi connectivity index (χ1n) is 6.15. The molecule has 2 unspecified atom stereocenters. The van der Waals surface area contributed by atoms with Gasteiger partial charge in [-0.1, -0.05) is 13.8 Å². The van der Waals surface area contributed by atoms with E-state index in [0.29, 0.717) is 18.2 Å². The summed E-state index contributed by atoms with van der Waals surface area (Å²) in [5.74, 6) is 0. The largest absolute Gasteiger partial charge is 0.376 e. The quantitative estimate of drug-likeness (QED) is 0.704. The predicted molar refractivity (Wildman–Crippen MR) is 62.1 cm³/mol. The van der Waals surface area contributed by atoms with Crippen LogP contribution in [0.2, 0.25) is 0 Å². The lowest BCUT2D eigenvalue weighted by molar-refractivity contribution is -0.0162. The van der Waals surface area contributed by atoms with Crippen molar-refractivity contribution < 1.29 is 9.47 Å². The van der Waals surface area contributed by atoms with E-state index in [2.05, 4.69) is 26.1 Å². The van der Waals surface area contributed by atoms with E-state index in [9.17, 15) is 0 Å². The molecule has 3 nitrogen and oxygen atoms in total. The highest BCUT2D eigenvalue weighted by atomic mass is 16.5. The molecular formula is C12H25NO2. The minimum atomic E-state index is 0.334. The Kier molecular flexibility index (Phi) is 6.22. The van der Waals surface area contributed by atoms with Gasteiger partial charge in [0.05, 0.1) is 18.8 Å². The van der Waals surface area contributed by atoms with Crippen molar-refractivity contribution in [3.63, 3.8) is 0 Å². The van der Waals surface area contributed by atoms with Gasteiger partial charge in [-0.05, 0) is 32.7 Å². The molecule has 1 aliphatic heterocycles. The van der Waals surface area contributed by atoms with Gasteiger partial charge in [-0.15, -0.1) is 0 Å². The maximum absolute atomic E-state index is 5.74. The van der Waals surface area contributed by atoms with Crippen LogP contribution in [0, 0.1) is 0 Å². The lowest BCUT2D eigenvalue weighted by Crippen LogP contribution is -2.27. The summed E-state index contributed by atoms with van der Waals surface area (Å²) in [5.41, 5.74) is 0. The highest BCUT2D eigenvalue weighted by molar-refractivity contribution is 4.65. The Morgan fingerprint density at radius 2 is 2.20 bits per heavy atom. The van der Waals surface area contributed by atoms with Gasteiger partial charge < -0.3 is 14.8 Å². The van der Waals surface area contributed by atoms with Gasteiger partial charge in [0, 0.05) is 12.6 Å². The minimum Gasteiger partial charge on any atom is -0.376 e. The summed E-state index contributed by atoms with van der Waals surface area (Å²) in [4.78, 5) is 0. The molecular weight excluding hydrogens is 190 g/mol. The fourth-order valence-corrected chi connectivity index (χ4v) is 1.71. The van der Waals surface area contributed by atoms with Crippen LogP contribution in [0.15, 0.2) is 0 Å². The van der Waals surface area contributed by atoms with Crippen LogP contribution in [0.1, 0.15) is 40.0 Å². The maximum atomic E-state index is 5.74. The van der Waals surface area contributed by atoms with Gasteiger partial charge in [0.2, 0.25) is 0 Å². The SMILES string of the molecule is CC(C)NCCC(C)OCC1CCCO1. The molecule has 1 aliphatic rings. The summed E-state index contributed by atoms with van der Waals surface area (Å²) in [6.07, 6.45) is 4.12. The molecule has 0 radical (unpaired) electrons. The fourth-order valence-electron chi connectivity index (χ4n) is 1.71. The molecule has 1 fully saturated rings. The number of rotatable bonds is 7. The van der Waals surface area contributed by atoms with Crippen molar-refractivity contribution in [3.05, 3.63) is 0 Å². The van der Waals surface area contributed by atoms with E-state index in [1.807, 2.05) is 0 Å². The summed E-state index contributed by atoms with van der Waals surface area (Å²) >= 11 is 0. The van der Waals surface area contributed by atoms with Crippen LogP contribution < -0.4 is 5.32 Å². The van der Waals surface area contributed by atoms with Crippen molar-refractivity contribution in [1.82, 2.24) is 5.32 Å². The monoisotopic (exact) mass is 215 g/mol. The van der Waals surface area contributed by atoms with Crippen LogP contribution >= 0.6 is 0 Å². The molecule has 3 heteroatoms. The molecule has 0 aliphatic carbocycles. The van der Waals surface area contributed by atoms with Gasteiger partial charge in [-0.3, -0.25) is 0 Å². The van der Waals surface area contributed by atoms with Gasteiger partial charge in [-0.25, -0.2) is 0 Å². The summed E-state index contributed by atoms with van der Waals surface area (Å²) in [6, 6.07) is 0.565. The second-order valence-electron chi connectivity index (χ2n) is 4.68. The first kappa shape index (κ1) is 12.9. The molecule has 0 amide bonds. The molecule has 0 aromatic heterocycles. The van der Waals surface area contributed by atoms with E-state index in [0.717, 1.165) is 32.6 Å². The van der Waals surface area contributed by atoms with Crippen molar-refractivity contribution in [2.75, 3.05) is 19.8 Å². The number of hydrogen-bond donors (Lipinski definition) is 1. The van der Waals surface area contributed by atoms with Crippen molar-refractivity contribution >= 4 is 0 Å². The van der Waals surface area contributed by atoms with Crippen molar-refractivity contribution in [3.8, 4) is 0 Å². The van der Waals surface area contributed by atoms with Crippen molar-refractivity contribution in [2.45, 2.75) is 58.3 Å². The molecule has 0 spiro atoms. The standard InChI is InChI=1S/C12H25NO2/c1-10(2)13-7-6-11(3)15-9-12-5-4-8-14-12/h10-13H,4-9H2,1-3H3. The molecule has 1 heterocycles. The van der Waals surface area contributed by atoms with Gasteiger partial charge >= 0.3 is 0 Å². The maximum Gasteiger partial charge on any atom is 0.0809 e. The van der Waals surface area contributed by atoms with Gasteiger partial charge in [0.25, 0.3) is 0 Å². The van der Waals surface area contributed by atoms with Crippen molar-refractivity contribution in [1.29, 1.82) is 0 Å². The third-order valence-corrected chi connectivity index (χ3v) is 2.69. The predicted octanol–water partition coefficient (Wildman–Crippen LogP) is 1.96. The van der Waals surface area contributed by atoms with Gasteiger partial charge in [-0.2, -0.15) is 0 Å². The Bertz CT molecular complexity index is 156. The Hall–Kier alpha value is -0.120. The average molecular weight is 215 g/mol. The zero-order chi connectivity index (χ0) is 11.1. The zero-order valence-electron chi connectivity index (χ0n) is 10.3. The molecule has 1 saturated heterocycles. The smallest absolute Gasteiger partial charge is 0.0809 e. The van der Waals surface area contributed by atoms with Crippen LogP contribution in [0.25, 0.3) is 0 Å². The number of ether oxygens (including phenoxy) is 2. The molecule has 1 rings (SSSR count). The van der Waals surface area contributed by atoms with E-state index in [-0.39, 0.29) is 0 Å². The van der Waals surface area contributed by atoms with E-state index in [1.165, 1.54) is 6.42 Å². The Balaban J connectivity index is 1.95. The van der Waals surface area contributed by atoms with Crippen molar-refractivity contribution in [2.24, 2.45) is 0 Å². The van der Waals surface area contributed by atoms with Crippen LogP contribution in [-0.2, 0) is 9.47 Å². The van der Waals surface area contributed by atoms with Gasteiger partial charge in [0.15, 0.2) is 0 Å². The van der Waals surface area contributed by atoms with Crippen LogP contribution in [-0.4, -0.2) is 38.0 Å². The third-order valence-electron chi connectivity index (χ3n) is 2.69. The van der Waals surface area contributed by atoms with Crippen LogP contribution in [0.3, 0.4) is 0 Å². The number of nitrogens with one attached hydrogen (secondary N) is 1. The molecule has 15 heavy (non-hydrogen) atoms. The lowest BCUT2D eigenvalue weighted by atomic mass is 10.2. The lowest BCUT2D eigenvalue weighted by Gasteiger charge is -2.17. The van der Waals surface area contributed by atoms with E-state index in [1.54, 1.807) is 0 Å². The second kappa shape index (κ2) is 7.20. The molecule has 90 valence electrons. The van der Waals surface area contributed by atoms with E-state index >= 15 is 0 Å². The molecule has 0 aromatic carbocycles. The Morgan fingerprint density at radius 3 is 2.80 bits per heavy atom. The zero-order valence-corrected chi connectivity index (χ0v) is 10.3. The molecule has 0 saturated carbocycles. The minimum absolute atomic E-state index is 0.334. The van der Waals surface area contributed by atoms with Crippen LogP contribution in [0.4, 0.5) is 0 Å². The summed E-state index contributed by atoms with van der Waals surface area (Å²) in [7, 11) is 0. The van der Waals surface area contributed by atoms with Gasteiger partial charge in [0.1, 0.15) is 0 Å².